The fourth-order valence-corrected chi connectivity index (χ4v) is 3.64. The van der Waals surface area contributed by atoms with Gasteiger partial charge in [-0.3, -0.25) is 14.3 Å². The number of aliphatic carboxylic acids is 1. The number of halogens is 1. The molecule has 6 nitrogen and oxygen atoms in total. The van der Waals surface area contributed by atoms with Crippen LogP contribution in [0.4, 0.5) is 0 Å². The number of carbonyl (C=O) groups is 2. The van der Waals surface area contributed by atoms with Gasteiger partial charge in [0.25, 0.3) is 5.91 Å². The molecule has 0 saturated carbocycles. The molecule has 138 valence electrons. The maximum atomic E-state index is 12.8. The van der Waals surface area contributed by atoms with E-state index in [1.54, 1.807) is 15.8 Å². The van der Waals surface area contributed by atoms with Crippen LogP contribution in [0, 0.1) is 11.3 Å². The number of nitrogens with zero attached hydrogens (tertiary/aromatic N) is 3. The Morgan fingerprint density at radius 1 is 1.35 bits per heavy atom. The molecular formula is C19H22ClN3O3. The van der Waals surface area contributed by atoms with Crippen LogP contribution in [0.25, 0.3) is 0 Å². The van der Waals surface area contributed by atoms with E-state index in [9.17, 15) is 14.7 Å². The van der Waals surface area contributed by atoms with Crippen molar-refractivity contribution in [1.82, 2.24) is 14.7 Å². The molecule has 3 rings (SSSR count). The van der Waals surface area contributed by atoms with Crippen molar-refractivity contribution in [1.29, 1.82) is 0 Å². The molecule has 2 heterocycles. The summed E-state index contributed by atoms with van der Waals surface area (Å²) in [5.74, 6) is -1.06. The van der Waals surface area contributed by atoms with Crippen molar-refractivity contribution in [2.45, 2.75) is 26.8 Å². The molecule has 1 saturated heterocycles. The molecule has 7 heteroatoms. The number of hydrogen-bond donors (Lipinski definition) is 1. The van der Waals surface area contributed by atoms with Gasteiger partial charge in [-0.2, -0.15) is 5.10 Å². The number of amides is 1. The smallest absolute Gasteiger partial charge is 0.311 e. The molecule has 1 atom stereocenters. The maximum Gasteiger partial charge on any atom is 0.311 e. The number of aromatic nitrogens is 2. The molecule has 1 aliphatic rings. The monoisotopic (exact) mass is 375 g/mol. The summed E-state index contributed by atoms with van der Waals surface area (Å²) >= 11 is 6.17. The standard InChI is InChI=1S/C19H22ClN3O3/c1-13(2)19(18(25)26)7-8-22(12-19)17(24)15-9-21-23(11-15)10-14-5-3-4-6-16(14)20/h3-6,9,11,13H,7-8,10,12H2,1-2H3,(H,25,26). The third-order valence-electron chi connectivity index (χ3n) is 5.29. The van der Waals surface area contributed by atoms with Gasteiger partial charge in [0, 0.05) is 24.3 Å². The highest BCUT2D eigenvalue weighted by atomic mass is 35.5. The third kappa shape index (κ3) is 3.33. The van der Waals surface area contributed by atoms with Crippen molar-refractivity contribution in [2.75, 3.05) is 13.1 Å². The second-order valence-electron chi connectivity index (χ2n) is 7.11. The van der Waals surface area contributed by atoms with E-state index in [-0.39, 0.29) is 18.4 Å². The molecule has 2 aromatic rings. The topological polar surface area (TPSA) is 75.4 Å². The largest absolute Gasteiger partial charge is 0.481 e. The molecule has 0 bridgehead atoms. The molecule has 1 aliphatic heterocycles. The SMILES string of the molecule is CC(C)C1(C(=O)O)CCN(C(=O)c2cnn(Cc3ccccc3Cl)c2)C1. The van der Waals surface area contributed by atoms with E-state index >= 15 is 0 Å². The lowest BCUT2D eigenvalue weighted by Crippen LogP contribution is -2.40. The molecule has 0 radical (unpaired) electrons. The summed E-state index contributed by atoms with van der Waals surface area (Å²) in [7, 11) is 0. The molecule has 1 unspecified atom stereocenters. The Labute approximate surface area is 157 Å². The average Bonchev–Trinajstić information content (AvgIpc) is 3.24. The second kappa shape index (κ2) is 7.11. The van der Waals surface area contributed by atoms with Crippen LogP contribution < -0.4 is 0 Å². The summed E-state index contributed by atoms with van der Waals surface area (Å²) < 4.78 is 1.66. The summed E-state index contributed by atoms with van der Waals surface area (Å²) in [5, 5.41) is 14.5. The first kappa shape index (κ1) is 18.5. The number of hydrogen-bond acceptors (Lipinski definition) is 3. The van der Waals surface area contributed by atoms with Gasteiger partial charge in [0.2, 0.25) is 0 Å². The van der Waals surface area contributed by atoms with Crippen LogP contribution in [0.5, 0.6) is 0 Å². The summed E-state index contributed by atoms with van der Waals surface area (Å²) in [4.78, 5) is 26.1. The first-order chi connectivity index (χ1) is 12.3. The maximum absolute atomic E-state index is 12.8. The average molecular weight is 376 g/mol. The van der Waals surface area contributed by atoms with Gasteiger partial charge in [0.15, 0.2) is 0 Å². The van der Waals surface area contributed by atoms with E-state index in [0.29, 0.717) is 30.1 Å². The summed E-state index contributed by atoms with van der Waals surface area (Å²) in [5.41, 5.74) is 0.507. The lowest BCUT2D eigenvalue weighted by Gasteiger charge is -2.28. The minimum Gasteiger partial charge on any atom is -0.481 e. The fraction of sp³-hybridized carbons (Fsp3) is 0.421. The molecule has 1 N–H and O–H groups in total. The highest BCUT2D eigenvalue weighted by molar-refractivity contribution is 6.31. The van der Waals surface area contributed by atoms with Gasteiger partial charge in [0.1, 0.15) is 0 Å². The first-order valence-electron chi connectivity index (χ1n) is 8.62. The number of rotatable bonds is 5. The Morgan fingerprint density at radius 2 is 2.08 bits per heavy atom. The number of carboxylic acids is 1. The summed E-state index contributed by atoms with van der Waals surface area (Å²) in [6.45, 7) is 4.93. The van der Waals surface area contributed by atoms with Gasteiger partial charge in [-0.1, -0.05) is 43.6 Å². The van der Waals surface area contributed by atoms with Gasteiger partial charge in [-0.05, 0) is 24.0 Å². The molecule has 1 amide bonds. The Kier molecular flexibility index (Phi) is 5.05. The van der Waals surface area contributed by atoms with E-state index in [4.69, 9.17) is 11.6 Å². The van der Waals surface area contributed by atoms with Gasteiger partial charge >= 0.3 is 5.97 Å². The van der Waals surface area contributed by atoms with E-state index in [1.165, 1.54) is 6.20 Å². The lowest BCUT2D eigenvalue weighted by molar-refractivity contribution is -0.150. The quantitative estimate of drug-likeness (QED) is 0.871. The van der Waals surface area contributed by atoms with Crippen LogP contribution in [0.15, 0.2) is 36.7 Å². The lowest BCUT2D eigenvalue weighted by atomic mass is 9.76. The molecule has 0 spiro atoms. The van der Waals surface area contributed by atoms with Crippen LogP contribution in [-0.2, 0) is 11.3 Å². The highest BCUT2D eigenvalue weighted by Gasteiger charge is 2.48. The summed E-state index contributed by atoms with van der Waals surface area (Å²) in [6, 6.07) is 7.49. The highest BCUT2D eigenvalue weighted by Crippen LogP contribution is 2.38. The molecule has 26 heavy (non-hydrogen) atoms. The van der Waals surface area contributed by atoms with Crippen LogP contribution >= 0.6 is 11.6 Å². The fourth-order valence-electron chi connectivity index (χ4n) is 3.44. The van der Waals surface area contributed by atoms with Gasteiger partial charge < -0.3 is 10.0 Å². The minimum absolute atomic E-state index is 0.0410. The van der Waals surface area contributed by atoms with Crippen LogP contribution in [0.3, 0.4) is 0 Å². The molecule has 1 aromatic heterocycles. The normalized spacial score (nSPS) is 19.9. The Balaban J connectivity index is 1.73. The van der Waals surface area contributed by atoms with Crippen molar-refractivity contribution in [3.63, 3.8) is 0 Å². The predicted molar refractivity (Wildman–Crippen MR) is 98.2 cm³/mol. The zero-order chi connectivity index (χ0) is 18.9. The van der Waals surface area contributed by atoms with Crippen LogP contribution in [0.1, 0.15) is 36.2 Å². The van der Waals surface area contributed by atoms with Crippen molar-refractivity contribution in [2.24, 2.45) is 11.3 Å². The van der Waals surface area contributed by atoms with Gasteiger partial charge in [-0.15, -0.1) is 0 Å². The predicted octanol–water partition coefficient (Wildman–Crippen LogP) is 3.16. The van der Waals surface area contributed by atoms with Gasteiger partial charge in [0.05, 0.1) is 23.7 Å². The van der Waals surface area contributed by atoms with Gasteiger partial charge in [-0.25, -0.2) is 0 Å². The van der Waals surface area contributed by atoms with Crippen molar-refractivity contribution in [3.8, 4) is 0 Å². The van der Waals surface area contributed by atoms with Crippen molar-refractivity contribution < 1.29 is 14.7 Å². The zero-order valence-corrected chi connectivity index (χ0v) is 15.6. The van der Waals surface area contributed by atoms with Crippen molar-refractivity contribution in [3.05, 3.63) is 52.8 Å². The molecule has 1 aromatic carbocycles. The summed E-state index contributed by atoms with van der Waals surface area (Å²) in [6.07, 6.45) is 3.68. The third-order valence-corrected chi connectivity index (χ3v) is 5.66. The minimum atomic E-state index is -0.872. The Hall–Kier alpha value is -2.34. The molecular weight excluding hydrogens is 354 g/mol. The Bertz CT molecular complexity index is 833. The molecule has 1 fully saturated rings. The number of likely N-dealkylation sites (tertiary alicyclic amines) is 1. The van der Waals surface area contributed by atoms with Crippen LogP contribution in [0.2, 0.25) is 5.02 Å². The number of carbonyl (C=O) groups excluding carboxylic acids is 1. The van der Waals surface area contributed by atoms with E-state index < -0.39 is 11.4 Å². The number of carboxylic acid groups (broad SMARTS) is 1. The Morgan fingerprint density at radius 3 is 2.69 bits per heavy atom. The van der Waals surface area contributed by atoms with Crippen molar-refractivity contribution >= 4 is 23.5 Å². The first-order valence-corrected chi connectivity index (χ1v) is 9.00. The second-order valence-corrected chi connectivity index (χ2v) is 7.52. The molecule has 0 aliphatic carbocycles. The van der Waals surface area contributed by atoms with Crippen LogP contribution in [-0.4, -0.2) is 44.8 Å². The van der Waals surface area contributed by atoms with E-state index in [2.05, 4.69) is 5.10 Å². The van der Waals surface area contributed by atoms with E-state index in [1.807, 2.05) is 38.1 Å². The number of benzene rings is 1. The van der Waals surface area contributed by atoms with E-state index in [0.717, 1.165) is 5.56 Å². The zero-order valence-electron chi connectivity index (χ0n) is 14.9.